The van der Waals surface area contributed by atoms with Gasteiger partial charge >= 0.3 is 0 Å². The van der Waals surface area contributed by atoms with Gasteiger partial charge in [0.2, 0.25) is 0 Å². The molecule has 0 aromatic heterocycles. The maximum Gasteiger partial charge on any atom is 0.145 e. The van der Waals surface area contributed by atoms with E-state index >= 15 is 0 Å². The summed E-state index contributed by atoms with van der Waals surface area (Å²) < 4.78 is 0. The van der Waals surface area contributed by atoms with Crippen LogP contribution < -0.4 is 0 Å². The molecule has 2 spiro atoms. The predicted molar refractivity (Wildman–Crippen MR) is 167 cm³/mol. The zero-order valence-electron chi connectivity index (χ0n) is 26.5. The molecule has 0 atom stereocenters. The van der Waals surface area contributed by atoms with E-state index in [9.17, 15) is 4.79 Å². The molecule has 0 N–H and O–H groups in total. The molecule has 5 saturated carbocycles. The average molecular weight is 539 g/mol. The molecular formula is C38H66O. The quantitative estimate of drug-likeness (QED) is 0.226. The zero-order valence-corrected chi connectivity index (χ0v) is 26.5. The van der Waals surface area contributed by atoms with Crippen molar-refractivity contribution in [3.63, 3.8) is 0 Å². The van der Waals surface area contributed by atoms with Crippen molar-refractivity contribution >= 4 is 5.78 Å². The Morgan fingerprint density at radius 2 is 0.846 bits per heavy atom. The monoisotopic (exact) mass is 539 g/mol. The van der Waals surface area contributed by atoms with E-state index in [0.717, 1.165) is 41.3 Å². The number of ketones is 1. The summed E-state index contributed by atoms with van der Waals surface area (Å²) in [5.74, 6) is 6.68. The van der Waals surface area contributed by atoms with Crippen LogP contribution in [0.25, 0.3) is 0 Å². The van der Waals surface area contributed by atoms with Gasteiger partial charge in [0.25, 0.3) is 0 Å². The van der Waals surface area contributed by atoms with Crippen LogP contribution in [0.5, 0.6) is 0 Å². The highest BCUT2D eigenvalue weighted by molar-refractivity contribution is 5.96. The summed E-state index contributed by atoms with van der Waals surface area (Å²) >= 11 is 0. The molecule has 39 heavy (non-hydrogen) atoms. The molecule has 0 aromatic rings. The first-order chi connectivity index (χ1) is 19.1. The van der Waals surface area contributed by atoms with Crippen LogP contribution in [-0.2, 0) is 4.79 Å². The number of hydrogen-bond acceptors (Lipinski definition) is 1. The van der Waals surface area contributed by atoms with Crippen molar-refractivity contribution in [2.75, 3.05) is 0 Å². The van der Waals surface area contributed by atoms with Gasteiger partial charge in [-0.2, -0.15) is 0 Å². The molecule has 5 rings (SSSR count). The fourth-order valence-corrected chi connectivity index (χ4v) is 11.0. The van der Waals surface area contributed by atoms with Gasteiger partial charge in [-0.1, -0.05) is 104 Å². The first-order valence-electron chi connectivity index (χ1n) is 18.6. The number of carbonyl (C=O) groups excluding carboxylic acids is 1. The molecule has 0 radical (unpaired) electrons. The molecule has 224 valence electrons. The second-order valence-corrected chi connectivity index (χ2v) is 16.0. The Morgan fingerprint density at radius 3 is 1.18 bits per heavy atom. The Labute approximate surface area is 243 Å². The lowest BCUT2D eigenvalue weighted by molar-refractivity contribution is -0.170. The molecule has 0 aliphatic heterocycles. The largest absolute Gasteiger partial charge is 0.298 e. The standard InChI is InChI=1S/C38H66O/c1-3-5-7-9-11-30-13-17-32(18-14-30)34-21-25-37(26-22-34)29-38(36(37)39)27-23-35(24-28-38)33-19-15-31(16-20-33)12-10-8-6-4-2/h30-35H,3-29H2,1-2H3/t30-,31-,32-,33-,34?,35?,37?,38?. The fraction of sp³-hybridized carbons (Fsp3) is 0.974. The molecule has 5 aliphatic rings. The SMILES string of the molecule is CCCCCC[C@H]1CC[C@H](C2CCC3(CC2)CC2(CCC([C@H]4CC[C@H](CCCCCC)CC4)CC2)C3=O)CC1. The lowest BCUT2D eigenvalue weighted by Gasteiger charge is -2.60. The molecule has 0 amide bonds. The molecule has 1 nitrogen and oxygen atoms in total. The minimum atomic E-state index is 0.135. The van der Waals surface area contributed by atoms with Crippen LogP contribution in [0.15, 0.2) is 0 Å². The van der Waals surface area contributed by atoms with Gasteiger partial charge in [-0.05, 0) is 119 Å². The highest BCUT2D eigenvalue weighted by Gasteiger charge is 2.63. The minimum absolute atomic E-state index is 0.135. The Balaban J connectivity index is 0.984. The third-order valence-electron chi connectivity index (χ3n) is 13.7. The third kappa shape index (κ3) is 7.19. The number of unbranched alkanes of at least 4 members (excludes halogenated alkanes) is 6. The second kappa shape index (κ2) is 14.2. The lowest BCUT2D eigenvalue weighted by atomic mass is 9.42. The van der Waals surface area contributed by atoms with Crippen LogP contribution in [0.2, 0.25) is 0 Å². The summed E-state index contributed by atoms with van der Waals surface area (Å²) in [6.45, 7) is 4.65. The van der Waals surface area contributed by atoms with Gasteiger partial charge in [0.05, 0.1) is 0 Å². The van der Waals surface area contributed by atoms with Crippen molar-refractivity contribution in [2.45, 2.75) is 187 Å². The number of carbonyl (C=O) groups is 1. The van der Waals surface area contributed by atoms with E-state index in [1.165, 1.54) is 173 Å². The van der Waals surface area contributed by atoms with Crippen molar-refractivity contribution in [3.8, 4) is 0 Å². The number of rotatable bonds is 12. The highest BCUT2D eigenvalue weighted by atomic mass is 16.1. The molecule has 5 fully saturated rings. The van der Waals surface area contributed by atoms with Gasteiger partial charge in [0.15, 0.2) is 0 Å². The van der Waals surface area contributed by atoms with E-state index in [1.807, 2.05) is 0 Å². The van der Waals surface area contributed by atoms with Crippen LogP contribution in [0.1, 0.15) is 187 Å². The van der Waals surface area contributed by atoms with Crippen LogP contribution >= 0.6 is 0 Å². The van der Waals surface area contributed by atoms with Crippen LogP contribution in [0.3, 0.4) is 0 Å². The van der Waals surface area contributed by atoms with Gasteiger partial charge in [0, 0.05) is 10.8 Å². The van der Waals surface area contributed by atoms with Gasteiger partial charge < -0.3 is 0 Å². The summed E-state index contributed by atoms with van der Waals surface area (Å²) in [5.41, 5.74) is 0.269. The van der Waals surface area contributed by atoms with Crippen molar-refractivity contribution in [2.24, 2.45) is 46.3 Å². The molecule has 1 heteroatoms. The first-order valence-corrected chi connectivity index (χ1v) is 18.6. The second-order valence-electron chi connectivity index (χ2n) is 16.0. The summed E-state index contributed by atoms with van der Waals surface area (Å²) in [4.78, 5) is 13.9. The first kappa shape index (κ1) is 30.1. The number of Topliss-reactive ketones (excluding diaryl/α,β-unsaturated/α-hetero) is 1. The molecule has 0 aromatic carbocycles. The van der Waals surface area contributed by atoms with Gasteiger partial charge in [-0.3, -0.25) is 4.79 Å². The summed E-state index contributed by atoms with van der Waals surface area (Å²) in [7, 11) is 0. The molecular weight excluding hydrogens is 472 g/mol. The van der Waals surface area contributed by atoms with E-state index in [4.69, 9.17) is 0 Å². The van der Waals surface area contributed by atoms with E-state index < -0.39 is 0 Å². The summed E-state index contributed by atoms with van der Waals surface area (Å²) in [6, 6.07) is 0. The molecule has 0 unspecified atom stereocenters. The normalized spacial score (nSPS) is 41.1. The van der Waals surface area contributed by atoms with Crippen LogP contribution in [-0.4, -0.2) is 5.78 Å². The molecule has 0 saturated heterocycles. The Bertz CT molecular complexity index is 660. The van der Waals surface area contributed by atoms with Crippen LogP contribution in [0, 0.1) is 46.3 Å². The Morgan fingerprint density at radius 1 is 0.487 bits per heavy atom. The predicted octanol–water partition coefficient (Wildman–Crippen LogP) is 11.9. The van der Waals surface area contributed by atoms with E-state index in [-0.39, 0.29) is 10.8 Å². The number of hydrogen-bond donors (Lipinski definition) is 0. The molecule has 0 bridgehead atoms. The van der Waals surface area contributed by atoms with Crippen molar-refractivity contribution in [1.29, 1.82) is 0 Å². The average Bonchev–Trinajstić information content (AvgIpc) is 2.99. The van der Waals surface area contributed by atoms with Gasteiger partial charge in [-0.25, -0.2) is 0 Å². The Hall–Kier alpha value is -0.330. The molecule has 0 heterocycles. The maximum atomic E-state index is 13.9. The van der Waals surface area contributed by atoms with E-state index in [1.54, 1.807) is 0 Å². The van der Waals surface area contributed by atoms with Crippen molar-refractivity contribution < 1.29 is 4.79 Å². The highest BCUT2D eigenvalue weighted by Crippen LogP contribution is 2.65. The fourth-order valence-electron chi connectivity index (χ4n) is 11.0. The summed E-state index contributed by atoms with van der Waals surface area (Å²) in [5, 5.41) is 0. The van der Waals surface area contributed by atoms with Crippen molar-refractivity contribution in [3.05, 3.63) is 0 Å². The maximum absolute atomic E-state index is 13.9. The van der Waals surface area contributed by atoms with E-state index in [0.29, 0.717) is 0 Å². The van der Waals surface area contributed by atoms with Gasteiger partial charge in [0.1, 0.15) is 5.78 Å². The van der Waals surface area contributed by atoms with Crippen molar-refractivity contribution in [1.82, 2.24) is 0 Å². The third-order valence-corrected chi connectivity index (χ3v) is 13.7. The smallest absolute Gasteiger partial charge is 0.145 e. The lowest BCUT2D eigenvalue weighted by Crippen LogP contribution is -2.60. The summed E-state index contributed by atoms with van der Waals surface area (Å²) in [6.07, 6.45) is 38.2. The zero-order chi connectivity index (χ0) is 27.1. The van der Waals surface area contributed by atoms with E-state index in [2.05, 4.69) is 13.8 Å². The molecule has 5 aliphatic carbocycles. The Kier molecular flexibility index (Phi) is 11.0. The topological polar surface area (TPSA) is 17.1 Å². The minimum Gasteiger partial charge on any atom is -0.298 e. The van der Waals surface area contributed by atoms with Crippen LogP contribution in [0.4, 0.5) is 0 Å². The van der Waals surface area contributed by atoms with Gasteiger partial charge in [-0.15, -0.1) is 0 Å².